The van der Waals surface area contributed by atoms with E-state index in [0.29, 0.717) is 18.4 Å². The molecule has 1 heterocycles. The predicted octanol–water partition coefficient (Wildman–Crippen LogP) is 1.53. The highest BCUT2D eigenvalue weighted by Crippen LogP contribution is 2.36. The van der Waals surface area contributed by atoms with Crippen molar-refractivity contribution in [2.45, 2.75) is 51.9 Å². The number of hydrogen-bond acceptors (Lipinski definition) is 8. The topological polar surface area (TPSA) is 119 Å². The Morgan fingerprint density at radius 2 is 2.07 bits per heavy atom. The highest BCUT2D eigenvalue weighted by Gasteiger charge is 2.44. The highest BCUT2D eigenvalue weighted by molar-refractivity contribution is 5.92. The second-order valence-corrected chi connectivity index (χ2v) is 7.47. The van der Waals surface area contributed by atoms with Gasteiger partial charge in [0.25, 0.3) is 0 Å². The number of esters is 3. The van der Waals surface area contributed by atoms with Gasteiger partial charge in [0.15, 0.2) is 0 Å². The van der Waals surface area contributed by atoms with Gasteiger partial charge in [0.05, 0.1) is 24.2 Å². The fourth-order valence-corrected chi connectivity index (χ4v) is 3.38. The van der Waals surface area contributed by atoms with Crippen molar-refractivity contribution in [3.05, 3.63) is 47.1 Å². The molecule has 8 heteroatoms. The summed E-state index contributed by atoms with van der Waals surface area (Å²) in [5.74, 6) is -2.53. The van der Waals surface area contributed by atoms with E-state index in [-0.39, 0.29) is 17.8 Å². The molecule has 1 fully saturated rings. The SMILES string of the molecule is C=C1C(=O)O[C@@H]2/C=C(\C)[C@H](O)C/C=C(/C)C[C@@H](OC(=O)/C(=C/COC(C)=O)CO)[C@@H]12. The van der Waals surface area contributed by atoms with Gasteiger partial charge < -0.3 is 24.4 Å². The Morgan fingerprint density at radius 3 is 2.70 bits per heavy atom. The maximum Gasteiger partial charge on any atom is 0.336 e. The van der Waals surface area contributed by atoms with Crippen LogP contribution in [0.3, 0.4) is 0 Å². The van der Waals surface area contributed by atoms with Gasteiger partial charge in [0.1, 0.15) is 18.8 Å². The molecule has 164 valence electrons. The molecule has 0 aromatic rings. The molecular weight excluding hydrogens is 392 g/mol. The molecule has 30 heavy (non-hydrogen) atoms. The van der Waals surface area contributed by atoms with Crippen LogP contribution >= 0.6 is 0 Å². The third-order valence-electron chi connectivity index (χ3n) is 5.13. The fraction of sp³-hybridized carbons (Fsp3) is 0.500. The summed E-state index contributed by atoms with van der Waals surface area (Å²) in [4.78, 5) is 35.7. The van der Waals surface area contributed by atoms with Gasteiger partial charge in [-0.25, -0.2) is 9.59 Å². The van der Waals surface area contributed by atoms with Crippen LogP contribution in [0.2, 0.25) is 0 Å². The lowest BCUT2D eigenvalue weighted by Gasteiger charge is -2.28. The van der Waals surface area contributed by atoms with Crippen LogP contribution in [0.5, 0.6) is 0 Å². The van der Waals surface area contributed by atoms with Gasteiger partial charge in [0, 0.05) is 18.9 Å². The zero-order valence-electron chi connectivity index (χ0n) is 17.4. The van der Waals surface area contributed by atoms with Crippen LogP contribution in [0, 0.1) is 5.92 Å². The Bertz CT molecular complexity index is 804. The lowest BCUT2D eigenvalue weighted by atomic mass is 9.85. The van der Waals surface area contributed by atoms with Crippen molar-refractivity contribution in [1.82, 2.24) is 0 Å². The number of aliphatic hydroxyl groups excluding tert-OH is 2. The molecule has 8 nitrogen and oxygen atoms in total. The third kappa shape index (κ3) is 5.90. The van der Waals surface area contributed by atoms with Crippen molar-refractivity contribution in [2.75, 3.05) is 13.2 Å². The number of fused-ring (bicyclic) bond motifs is 1. The van der Waals surface area contributed by atoms with Crippen molar-refractivity contribution in [1.29, 1.82) is 0 Å². The first kappa shape index (κ1) is 23.6. The molecule has 0 aromatic carbocycles. The van der Waals surface area contributed by atoms with Crippen molar-refractivity contribution in [2.24, 2.45) is 5.92 Å². The molecule has 1 saturated heterocycles. The molecule has 2 rings (SSSR count). The molecular formula is C22H28O8. The highest BCUT2D eigenvalue weighted by atomic mass is 16.6. The number of ether oxygens (including phenoxy) is 3. The molecule has 0 bridgehead atoms. The van der Waals surface area contributed by atoms with Crippen molar-refractivity contribution >= 4 is 17.9 Å². The minimum absolute atomic E-state index is 0.0653. The normalized spacial score (nSPS) is 30.9. The monoisotopic (exact) mass is 420 g/mol. The van der Waals surface area contributed by atoms with E-state index < -0.39 is 48.7 Å². The molecule has 0 spiro atoms. The summed E-state index contributed by atoms with van der Waals surface area (Å²) < 4.78 is 15.8. The molecule has 2 aliphatic rings. The van der Waals surface area contributed by atoms with Gasteiger partial charge in [-0.15, -0.1) is 0 Å². The predicted molar refractivity (Wildman–Crippen MR) is 107 cm³/mol. The molecule has 0 unspecified atom stereocenters. The van der Waals surface area contributed by atoms with E-state index in [1.54, 1.807) is 13.0 Å². The Hall–Kier alpha value is -2.71. The van der Waals surface area contributed by atoms with Gasteiger partial charge in [-0.2, -0.15) is 0 Å². The summed E-state index contributed by atoms with van der Waals surface area (Å²) in [7, 11) is 0. The molecule has 2 N–H and O–H groups in total. The first-order valence-electron chi connectivity index (χ1n) is 9.70. The fourth-order valence-electron chi connectivity index (χ4n) is 3.38. The van der Waals surface area contributed by atoms with Gasteiger partial charge >= 0.3 is 17.9 Å². The zero-order chi connectivity index (χ0) is 22.4. The van der Waals surface area contributed by atoms with Crippen LogP contribution < -0.4 is 0 Å². The summed E-state index contributed by atoms with van der Waals surface area (Å²) in [6, 6.07) is 0. The number of carbonyl (C=O) groups excluding carboxylic acids is 3. The third-order valence-corrected chi connectivity index (χ3v) is 5.13. The second-order valence-electron chi connectivity index (χ2n) is 7.47. The van der Waals surface area contributed by atoms with E-state index in [1.807, 2.05) is 13.0 Å². The van der Waals surface area contributed by atoms with Gasteiger partial charge in [-0.3, -0.25) is 4.79 Å². The molecule has 0 radical (unpaired) electrons. The van der Waals surface area contributed by atoms with E-state index in [2.05, 4.69) is 6.58 Å². The van der Waals surface area contributed by atoms with Crippen LogP contribution in [0.15, 0.2) is 47.1 Å². The Labute approximate surface area is 175 Å². The Kier molecular flexibility index (Phi) is 8.14. The molecule has 0 saturated carbocycles. The van der Waals surface area contributed by atoms with Gasteiger partial charge in [-0.05, 0) is 38.0 Å². The standard InChI is InChI=1S/C22H28O8/c1-12-5-6-17(25)13(2)10-19-20(14(3)21(26)29-19)18(9-12)30-22(27)16(11-23)7-8-28-15(4)24/h5,7,10,17-20,23,25H,3,6,8-9,11H2,1-2,4H3/b12-5-,13-10+,16-7+/t17-,18-,19-,20-/m1/s1. The quantitative estimate of drug-likeness (QED) is 0.297. The van der Waals surface area contributed by atoms with Crippen LogP contribution in [-0.4, -0.2) is 59.6 Å². The number of rotatable bonds is 5. The van der Waals surface area contributed by atoms with Crippen molar-refractivity contribution in [3.63, 3.8) is 0 Å². The smallest absolute Gasteiger partial charge is 0.336 e. The molecule has 1 aliphatic carbocycles. The van der Waals surface area contributed by atoms with Gasteiger partial charge in [0.2, 0.25) is 0 Å². The Morgan fingerprint density at radius 1 is 1.37 bits per heavy atom. The minimum atomic E-state index is -0.786. The number of hydrogen-bond donors (Lipinski definition) is 2. The van der Waals surface area contributed by atoms with E-state index in [1.165, 1.54) is 13.0 Å². The lowest BCUT2D eigenvalue weighted by Crippen LogP contribution is -2.34. The van der Waals surface area contributed by atoms with E-state index in [9.17, 15) is 24.6 Å². The zero-order valence-corrected chi connectivity index (χ0v) is 17.4. The first-order valence-corrected chi connectivity index (χ1v) is 9.70. The van der Waals surface area contributed by atoms with Crippen LogP contribution in [0.25, 0.3) is 0 Å². The number of aliphatic hydroxyl groups is 2. The second kappa shape index (κ2) is 10.4. The van der Waals surface area contributed by atoms with E-state index in [4.69, 9.17) is 14.2 Å². The van der Waals surface area contributed by atoms with E-state index in [0.717, 1.165) is 5.57 Å². The van der Waals surface area contributed by atoms with Crippen LogP contribution in [0.1, 0.15) is 33.6 Å². The molecule has 1 aliphatic heterocycles. The van der Waals surface area contributed by atoms with Crippen molar-refractivity contribution < 1.29 is 38.8 Å². The summed E-state index contributed by atoms with van der Waals surface area (Å²) >= 11 is 0. The van der Waals surface area contributed by atoms with Crippen LogP contribution in [0.4, 0.5) is 0 Å². The lowest BCUT2D eigenvalue weighted by molar-refractivity contribution is -0.148. The van der Waals surface area contributed by atoms with Gasteiger partial charge in [-0.1, -0.05) is 18.2 Å². The summed E-state index contributed by atoms with van der Waals surface area (Å²) in [5.41, 5.74) is 1.62. The maximum atomic E-state index is 12.6. The van der Waals surface area contributed by atoms with Crippen molar-refractivity contribution in [3.8, 4) is 0 Å². The average molecular weight is 420 g/mol. The molecule has 0 amide bonds. The summed E-state index contributed by atoms with van der Waals surface area (Å²) in [6.07, 6.45) is 3.24. The molecule has 0 aromatic heterocycles. The van der Waals surface area contributed by atoms with Crippen LogP contribution in [-0.2, 0) is 28.6 Å². The summed E-state index contributed by atoms with van der Waals surface area (Å²) in [5, 5.41) is 19.8. The maximum absolute atomic E-state index is 12.6. The Balaban J connectivity index is 2.32. The van der Waals surface area contributed by atoms with E-state index >= 15 is 0 Å². The average Bonchev–Trinajstić information content (AvgIpc) is 2.95. The summed E-state index contributed by atoms with van der Waals surface area (Å²) in [6.45, 7) is 7.84. The number of carbonyl (C=O) groups is 3. The minimum Gasteiger partial charge on any atom is -0.462 e. The largest absolute Gasteiger partial charge is 0.462 e. The first-order chi connectivity index (χ1) is 14.1. The molecule has 4 atom stereocenters.